The van der Waals surface area contributed by atoms with Crippen LogP contribution in [0, 0.1) is 6.92 Å². The maximum absolute atomic E-state index is 11.6. The van der Waals surface area contributed by atoms with Crippen molar-refractivity contribution in [2.75, 3.05) is 0 Å². The molecule has 0 radical (unpaired) electrons. The summed E-state index contributed by atoms with van der Waals surface area (Å²) in [7, 11) is 0. The maximum atomic E-state index is 11.6. The molecule has 6 nitrogen and oxygen atoms in total. The van der Waals surface area contributed by atoms with Gasteiger partial charge in [0.15, 0.2) is 18.2 Å². The zero-order valence-electron chi connectivity index (χ0n) is 9.71. The number of H-pyrrole nitrogens is 1. The molecule has 0 aliphatic heterocycles. The minimum absolute atomic E-state index is 0.112. The second-order valence-corrected chi connectivity index (χ2v) is 3.54. The van der Waals surface area contributed by atoms with Gasteiger partial charge in [-0.2, -0.15) is 0 Å². The molecule has 2 aromatic heterocycles. The molecule has 0 amide bonds. The van der Waals surface area contributed by atoms with E-state index in [0.29, 0.717) is 16.9 Å². The zero-order valence-corrected chi connectivity index (χ0v) is 9.71. The number of aryl methyl sites for hydroxylation is 1. The van der Waals surface area contributed by atoms with Crippen molar-refractivity contribution < 1.29 is 19.0 Å². The Labute approximate surface area is 103 Å². The number of hydrogen-bond acceptors (Lipinski definition) is 4. The van der Waals surface area contributed by atoms with E-state index in [1.54, 1.807) is 31.5 Å². The summed E-state index contributed by atoms with van der Waals surface area (Å²) < 4.78 is 4.99. The number of nitrogens with one attached hydrogen (secondary N) is 1. The third-order valence-corrected chi connectivity index (χ3v) is 2.31. The Morgan fingerprint density at radius 1 is 1.50 bits per heavy atom. The predicted molar refractivity (Wildman–Crippen MR) is 62.6 cm³/mol. The summed E-state index contributed by atoms with van der Waals surface area (Å²) in [4.78, 5) is 19.2. The molecule has 0 spiro atoms. The standard InChI is InChI=1S/C12H11N3O3/c1-8-10(4-6-17-8)12(16)18-15-11(13)9-3-2-5-14-7-9/h2-7H,1H3,(H2,13,15)/p+1. The SMILES string of the molecule is Cc1occc1C(=O)ON=C(N)c1ccc[nH+]c1. The molecular formula is C12H12N3O3+. The van der Waals surface area contributed by atoms with Crippen LogP contribution in [0.2, 0.25) is 0 Å². The van der Waals surface area contributed by atoms with Crippen LogP contribution in [0.25, 0.3) is 0 Å². The van der Waals surface area contributed by atoms with Gasteiger partial charge in [0.2, 0.25) is 0 Å². The molecule has 0 saturated carbocycles. The molecule has 2 aromatic rings. The van der Waals surface area contributed by atoms with Gasteiger partial charge in [-0.05, 0) is 19.1 Å². The first-order valence-corrected chi connectivity index (χ1v) is 5.24. The molecule has 18 heavy (non-hydrogen) atoms. The van der Waals surface area contributed by atoms with Gasteiger partial charge < -0.3 is 15.0 Å². The minimum atomic E-state index is -0.607. The number of furan rings is 1. The van der Waals surface area contributed by atoms with Gasteiger partial charge in [-0.3, -0.25) is 0 Å². The van der Waals surface area contributed by atoms with E-state index in [1.807, 2.05) is 0 Å². The number of aromatic amines is 1. The number of oxime groups is 1. The summed E-state index contributed by atoms with van der Waals surface area (Å²) in [5.41, 5.74) is 6.62. The molecule has 2 rings (SSSR count). The van der Waals surface area contributed by atoms with E-state index < -0.39 is 5.97 Å². The van der Waals surface area contributed by atoms with Crippen LogP contribution in [-0.4, -0.2) is 11.8 Å². The highest BCUT2D eigenvalue weighted by Crippen LogP contribution is 2.10. The van der Waals surface area contributed by atoms with Gasteiger partial charge in [-0.25, -0.2) is 9.78 Å². The van der Waals surface area contributed by atoms with Gasteiger partial charge in [0.1, 0.15) is 11.3 Å². The molecular weight excluding hydrogens is 234 g/mol. The van der Waals surface area contributed by atoms with Crippen molar-refractivity contribution in [2.24, 2.45) is 10.9 Å². The lowest BCUT2D eigenvalue weighted by Gasteiger charge is -1.98. The van der Waals surface area contributed by atoms with Crippen molar-refractivity contribution in [3.63, 3.8) is 0 Å². The van der Waals surface area contributed by atoms with Crippen LogP contribution in [-0.2, 0) is 4.84 Å². The van der Waals surface area contributed by atoms with Gasteiger partial charge in [0.25, 0.3) is 0 Å². The highest BCUT2D eigenvalue weighted by molar-refractivity contribution is 5.97. The maximum Gasteiger partial charge on any atom is 0.369 e. The quantitative estimate of drug-likeness (QED) is 0.376. The van der Waals surface area contributed by atoms with Crippen molar-refractivity contribution in [2.45, 2.75) is 6.92 Å². The molecule has 0 atom stereocenters. The normalized spacial score (nSPS) is 11.3. The number of carbonyl (C=O) groups excluding carboxylic acids is 1. The first kappa shape index (κ1) is 11.8. The molecule has 0 unspecified atom stereocenters. The first-order valence-electron chi connectivity index (χ1n) is 5.24. The Bertz CT molecular complexity index is 575. The predicted octanol–water partition coefficient (Wildman–Crippen LogP) is 0.879. The van der Waals surface area contributed by atoms with Crippen molar-refractivity contribution in [1.29, 1.82) is 0 Å². The highest BCUT2D eigenvalue weighted by Gasteiger charge is 2.13. The Balaban J connectivity index is 2.08. The van der Waals surface area contributed by atoms with Crippen LogP contribution in [0.15, 0.2) is 46.4 Å². The number of hydrogen-bond donors (Lipinski definition) is 1. The summed E-state index contributed by atoms with van der Waals surface area (Å²) in [6, 6.07) is 5.02. The van der Waals surface area contributed by atoms with E-state index in [1.165, 1.54) is 12.3 Å². The molecule has 2 heterocycles. The van der Waals surface area contributed by atoms with Crippen molar-refractivity contribution in [3.05, 3.63) is 53.7 Å². The molecule has 6 heteroatoms. The number of aromatic nitrogens is 1. The van der Waals surface area contributed by atoms with Crippen LogP contribution in [0.1, 0.15) is 21.7 Å². The monoisotopic (exact) mass is 246 g/mol. The van der Waals surface area contributed by atoms with E-state index in [2.05, 4.69) is 10.1 Å². The third kappa shape index (κ3) is 2.54. The second-order valence-electron chi connectivity index (χ2n) is 3.54. The van der Waals surface area contributed by atoms with Gasteiger partial charge in [-0.15, -0.1) is 0 Å². The zero-order chi connectivity index (χ0) is 13.0. The van der Waals surface area contributed by atoms with Crippen molar-refractivity contribution >= 4 is 11.8 Å². The van der Waals surface area contributed by atoms with Crippen LogP contribution >= 0.6 is 0 Å². The number of nitrogens with two attached hydrogens (primary N) is 1. The van der Waals surface area contributed by atoms with E-state index in [9.17, 15) is 4.79 Å². The highest BCUT2D eigenvalue weighted by atomic mass is 16.7. The van der Waals surface area contributed by atoms with Crippen molar-refractivity contribution in [1.82, 2.24) is 0 Å². The van der Waals surface area contributed by atoms with E-state index >= 15 is 0 Å². The first-order chi connectivity index (χ1) is 8.68. The van der Waals surface area contributed by atoms with E-state index in [-0.39, 0.29) is 5.84 Å². The Hall–Kier alpha value is -2.63. The molecule has 0 fully saturated rings. The van der Waals surface area contributed by atoms with Crippen LogP contribution in [0.3, 0.4) is 0 Å². The Kier molecular flexibility index (Phi) is 3.38. The lowest BCUT2D eigenvalue weighted by atomic mass is 10.3. The molecule has 92 valence electrons. The Morgan fingerprint density at radius 3 is 2.94 bits per heavy atom. The average Bonchev–Trinajstić information content (AvgIpc) is 2.83. The lowest BCUT2D eigenvalue weighted by molar-refractivity contribution is -0.378. The number of nitrogens with zero attached hydrogens (tertiary/aromatic N) is 1. The van der Waals surface area contributed by atoms with Crippen molar-refractivity contribution in [3.8, 4) is 0 Å². The fourth-order valence-electron chi connectivity index (χ4n) is 1.34. The number of carbonyl (C=O) groups is 1. The van der Waals surface area contributed by atoms with Gasteiger partial charge in [0.05, 0.1) is 11.8 Å². The summed E-state index contributed by atoms with van der Waals surface area (Å²) >= 11 is 0. The lowest BCUT2D eigenvalue weighted by Crippen LogP contribution is -2.17. The second kappa shape index (κ2) is 5.13. The average molecular weight is 246 g/mol. The summed E-state index contributed by atoms with van der Waals surface area (Å²) in [6.07, 6.45) is 4.79. The molecule has 0 aliphatic rings. The summed E-state index contributed by atoms with van der Waals surface area (Å²) in [6.45, 7) is 1.66. The minimum Gasteiger partial charge on any atom is -0.469 e. The Morgan fingerprint density at radius 2 is 2.33 bits per heavy atom. The van der Waals surface area contributed by atoms with Crippen LogP contribution in [0.5, 0.6) is 0 Å². The summed E-state index contributed by atoms with van der Waals surface area (Å²) in [5, 5.41) is 3.57. The fraction of sp³-hybridized carbons (Fsp3) is 0.0833. The van der Waals surface area contributed by atoms with E-state index in [4.69, 9.17) is 15.0 Å². The van der Waals surface area contributed by atoms with E-state index in [0.717, 1.165) is 0 Å². The number of rotatable bonds is 3. The summed E-state index contributed by atoms with van der Waals surface area (Å²) in [5.74, 6) is -0.0210. The molecule has 0 saturated heterocycles. The van der Waals surface area contributed by atoms with Crippen LogP contribution in [0.4, 0.5) is 0 Å². The molecule has 0 bridgehead atoms. The largest absolute Gasteiger partial charge is 0.469 e. The molecule has 0 aliphatic carbocycles. The fourth-order valence-corrected chi connectivity index (χ4v) is 1.34. The van der Waals surface area contributed by atoms with Crippen LogP contribution < -0.4 is 10.7 Å². The van der Waals surface area contributed by atoms with Gasteiger partial charge in [-0.1, -0.05) is 5.16 Å². The molecule has 3 N–H and O–H groups in total. The smallest absolute Gasteiger partial charge is 0.369 e. The number of amidine groups is 1. The molecule has 0 aromatic carbocycles. The van der Waals surface area contributed by atoms with Gasteiger partial charge in [0, 0.05) is 6.07 Å². The topological polar surface area (TPSA) is 92.0 Å². The van der Waals surface area contributed by atoms with Gasteiger partial charge >= 0.3 is 5.97 Å². The number of pyridine rings is 1. The third-order valence-electron chi connectivity index (χ3n) is 2.31.